The Morgan fingerprint density at radius 3 is 2.73 bits per heavy atom. The van der Waals surface area contributed by atoms with Gasteiger partial charge in [0.25, 0.3) is 5.69 Å². The maximum Gasteiger partial charge on any atom is 0.308 e. The third-order valence-corrected chi connectivity index (χ3v) is 4.83. The first-order chi connectivity index (χ1) is 10.3. The number of carbonyl (C=O) groups is 1. The molecule has 2 atom stereocenters. The van der Waals surface area contributed by atoms with E-state index in [1.807, 2.05) is 19.0 Å². The van der Waals surface area contributed by atoms with Crippen molar-refractivity contribution in [1.82, 2.24) is 4.90 Å². The summed E-state index contributed by atoms with van der Waals surface area (Å²) in [6, 6.07) is 3.11. The summed E-state index contributed by atoms with van der Waals surface area (Å²) in [5.74, 6) is -0.242. The second-order valence-electron chi connectivity index (χ2n) is 6.32. The topological polar surface area (TPSA) is 75.9 Å². The largest absolute Gasteiger partial charge is 0.426 e. The zero-order chi connectivity index (χ0) is 16.2. The average molecular weight is 305 g/mol. The van der Waals surface area contributed by atoms with Gasteiger partial charge in [-0.2, -0.15) is 0 Å². The van der Waals surface area contributed by atoms with Crippen LogP contribution < -0.4 is 9.64 Å². The molecule has 22 heavy (non-hydrogen) atoms. The lowest BCUT2D eigenvalue weighted by Gasteiger charge is -2.32. The Balaban J connectivity index is 2.22. The van der Waals surface area contributed by atoms with Gasteiger partial charge in [0.15, 0.2) is 0 Å². The molecule has 2 heterocycles. The van der Waals surface area contributed by atoms with Crippen LogP contribution >= 0.6 is 0 Å². The van der Waals surface area contributed by atoms with Crippen molar-refractivity contribution in [2.75, 3.05) is 25.5 Å². The fourth-order valence-corrected chi connectivity index (χ4v) is 4.03. The molecule has 0 spiro atoms. The number of hydrogen-bond donors (Lipinski definition) is 0. The van der Waals surface area contributed by atoms with Crippen molar-refractivity contribution in [2.24, 2.45) is 0 Å². The molecule has 0 aliphatic carbocycles. The Bertz CT molecular complexity index is 675. The van der Waals surface area contributed by atoms with Crippen LogP contribution in [0.2, 0.25) is 0 Å². The highest BCUT2D eigenvalue weighted by Gasteiger charge is 2.54. The monoisotopic (exact) mass is 305 g/mol. The summed E-state index contributed by atoms with van der Waals surface area (Å²) in [7, 11) is 3.91. The summed E-state index contributed by atoms with van der Waals surface area (Å²) < 4.78 is 5.11. The molecule has 0 N–H and O–H groups in total. The normalized spacial score (nSPS) is 26.7. The number of nitro benzene ring substituents is 1. The van der Waals surface area contributed by atoms with Gasteiger partial charge in [0, 0.05) is 25.9 Å². The minimum atomic E-state index is -0.481. The molecule has 3 rings (SSSR count). The molecule has 118 valence electrons. The van der Waals surface area contributed by atoms with Crippen molar-refractivity contribution < 1.29 is 14.5 Å². The molecular weight excluding hydrogens is 286 g/mol. The van der Waals surface area contributed by atoms with Crippen molar-refractivity contribution in [2.45, 2.75) is 31.8 Å². The minimum absolute atomic E-state index is 0.0136. The summed E-state index contributed by atoms with van der Waals surface area (Å²) in [4.78, 5) is 26.4. The number of nitrogens with zero attached hydrogens (tertiary/aromatic N) is 3. The van der Waals surface area contributed by atoms with Gasteiger partial charge in [-0.25, -0.2) is 0 Å². The number of hydrogen-bond acceptors (Lipinski definition) is 6. The maximum absolute atomic E-state index is 11.5. The van der Waals surface area contributed by atoms with E-state index in [-0.39, 0.29) is 23.0 Å². The molecule has 0 unspecified atom stereocenters. The Kier molecular flexibility index (Phi) is 3.14. The molecule has 1 aromatic carbocycles. The van der Waals surface area contributed by atoms with Gasteiger partial charge in [0.1, 0.15) is 11.4 Å². The van der Waals surface area contributed by atoms with Gasteiger partial charge in [-0.05, 0) is 25.1 Å². The lowest BCUT2D eigenvalue weighted by atomic mass is 9.81. The fourth-order valence-electron chi connectivity index (χ4n) is 4.03. The highest BCUT2D eigenvalue weighted by atomic mass is 16.6. The number of anilines is 1. The molecule has 1 fully saturated rings. The number of likely N-dealkylation sites (tertiary alicyclic amines) is 1. The summed E-state index contributed by atoms with van der Waals surface area (Å²) >= 11 is 0. The zero-order valence-electron chi connectivity index (χ0n) is 13.1. The van der Waals surface area contributed by atoms with Crippen molar-refractivity contribution in [3.63, 3.8) is 0 Å². The zero-order valence-corrected chi connectivity index (χ0v) is 13.1. The third-order valence-electron chi connectivity index (χ3n) is 4.83. The van der Waals surface area contributed by atoms with E-state index >= 15 is 0 Å². The van der Waals surface area contributed by atoms with E-state index in [0.29, 0.717) is 5.69 Å². The van der Waals surface area contributed by atoms with Crippen LogP contribution in [-0.2, 0) is 10.2 Å². The number of rotatable bonds is 2. The number of benzene rings is 1. The second kappa shape index (κ2) is 4.67. The van der Waals surface area contributed by atoms with Gasteiger partial charge >= 0.3 is 5.97 Å². The first-order valence-electron chi connectivity index (χ1n) is 7.20. The highest BCUT2D eigenvalue weighted by molar-refractivity contribution is 5.78. The molecule has 0 radical (unpaired) electrons. The SMILES string of the molecule is CC(=O)Oc1cc([N+](=O)[O-])c2c(c1)[C@]1(C)CCN(C)[C@@H]1N2C. The van der Waals surface area contributed by atoms with Crippen molar-refractivity contribution in [3.05, 3.63) is 27.8 Å². The van der Waals surface area contributed by atoms with E-state index in [0.717, 1.165) is 18.5 Å². The van der Waals surface area contributed by atoms with E-state index in [9.17, 15) is 14.9 Å². The second-order valence-corrected chi connectivity index (χ2v) is 6.32. The number of esters is 1. The van der Waals surface area contributed by atoms with Gasteiger partial charge in [0.05, 0.1) is 17.2 Å². The van der Waals surface area contributed by atoms with Gasteiger partial charge in [-0.1, -0.05) is 6.92 Å². The van der Waals surface area contributed by atoms with Crippen LogP contribution in [0.25, 0.3) is 0 Å². The molecule has 7 heteroatoms. The smallest absolute Gasteiger partial charge is 0.308 e. The van der Waals surface area contributed by atoms with E-state index in [2.05, 4.69) is 11.8 Å². The first kappa shape index (κ1) is 14.8. The van der Waals surface area contributed by atoms with E-state index in [1.165, 1.54) is 13.0 Å². The fraction of sp³-hybridized carbons (Fsp3) is 0.533. The van der Waals surface area contributed by atoms with Gasteiger partial charge in [0.2, 0.25) is 0 Å². The van der Waals surface area contributed by atoms with Crippen LogP contribution in [0.3, 0.4) is 0 Å². The average Bonchev–Trinajstić information content (AvgIpc) is 2.83. The standard InChI is InChI=1S/C15H19N3O4/c1-9(19)22-10-7-11-13(12(8-10)18(20)21)17(4)14-15(11,2)5-6-16(14)3/h7-8,14H,5-6H2,1-4H3/t14-,15+/m1/s1. The van der Waals surface area contributed by atoms with Gasteiger partial charge in [-0.3, -0.25) is 19.8 Å². The van der Waals surface area contributed by atoms with Gasteiger partial charge < -0.3 is 9.64 Å². The Morgan fingerprint density at radius 1 is 1.45 bits per heavy atom. The number of likely N-dealkylation sites (N-methyl/N-ethyl adjacent to an activating group) is 2. The maximum atomic E-state index is 11.5. The van der Waals surface area contributed by atoms with E-state index < -0.39 is 10.9 Å². The number of fused-ring (bicyclic) bond motifs is 3. The van der Waals surface area contributed by atoms with E-state index in [1.54, 1.807) is 6.07 Å². The molecule has 1 saturated heterocycles. The number of nitro groups is 1. The van der Waals surface area contributed by atoms with Crippen molar-refractivity contribution >= 4 is 17.3 Å². The number of ether oxygens (including phenoxy) is 1. The minimum Gasteiger partial charge on any atom is -0.426 e. The molecule has 1 aromatic rings. The molecule has 0 saturated carbocycles. The van der Waals surface area contributed by atoms with Crippen LogP contribution in [0.4, 0.5) is 11.4 Å². The van der Waals surface area contributed by atoms with Crippen LogP contribution in [-0.4, -0.2) is 42.6 Å². The molecular formula is C15H19N3O4. The summed E-state index contributed by atoms with van der Waals surface area (Å²) in [6.07, 6.45) is 0.986. The lowest BCUT2D eigenvalue weighted by Crippen LogP contribution is -2.45. The van der Waals surface area contributed by atoms with Crippen molar-refractivity contribution in [3.8, 4) is 5.75 Å². The van der Waals surface area contributed by atoms with E-state index in [4.69, 9.17) is 4.74 Å². The third kappa shape index (κ3) is 1.89. The molecule has 2 aliphatic heterocycles. The number of carbonyl (C=O) groups excluding carboxylic acids is 1. The highest BCUT2D eigenvalue weighted by Crippen LogP contribution is 2.55. The van der Waals surface area contributed by atoms with Crippen molar-refractivity contribution in [1.29, 1.82) is 0 Å². The van der Waals surface area contributed by atoms with Crippen LogP contribution in [0, 0.1) is 10.1 Å². The Hall–Kier alpha value is -2.15. The molecule has 2 aliphatic rings. The quantitative estimate of drug-likeness (QED) is 0.359. The van der Waals surface area contributed by atoms with Crippen LogP contribution in [0.1, 0.15) is 25.8 Å². The molecule has 0 amide bonds. The first-order valence-corrected chi connectivity index (χ1v) is 7.20. The van der Waals surface area contributed by atoms with Gasteiger partial charge in [-0.15, -0.1) is 0 Å². The summed E-state index contributed by atoms with van der Waals surface area (Å²) in [5.41, 5.74) is 1.29. The summed E-state index contributed by atoms with van der Waals surface area (Å²) in [5, 5.41) is 11.5. The predicted molar refractivity (Wildman–Crippen MR) is 81.2 cm³/mol. The lowest BCUT2D eigenvalue weighted by molar-refractivity contribution is -0.384. The molecule has 0 bridgehead atoms. The Morgan fingerprint density at radius 2 is 2.14 bits per heavy atom. The molecule has 7 nitrogen and oxygen atoms in total. The summed E-state index contributed by atoms with van der Waals surface area (Å²) in [6.45, 7) is 4.33. The van der Waals surface area contributed by atoms with Crippen LogP contribution in [0.15, 0.2) is 12.1 Å². The molecule has 0 aromatic heterocycles. The predicted octanol–water partition coefficient (Wildman–Crippen LogP) is 1.89. The van der Waals surface area contributed by atoms with Crippen LogP contribution in [0.5, 0.6) is 5.75 Å². The Labute approximate surface area is 128 Å².